The zero-order valence-electron chi connectivity index (χ0n) is 11.8. The number of fused-ring (bicyclic) bond motifs is 1. The third kappa shape index (κ3) is 3.33. The number of rotatable bonds is 6. The molecule has 2 rings (SSSR count). The SMILES string of the molecule is COC(=O)c1cccc2c1cnn2CCOC(=O)CN=[N+]=[N-]. The van der Waals surface area contributed by atoms with E-state index < -0.39 is 11.9 Å². The zero-order chi connectivity index (χ0) is 15.9. The van der Waals surface area contributed by atoms with Crippen LogP contribution in [-0.2, 0) is 20.8 Å². The van der Waals surface area contributed by atoms with E-state index in [9.17, 15) is 9.59 Å². The number of carbonyl (C=O) groups is 2. The van der Waals surface area contributed by atoms with Gasteiger partial charge in [0.25, 0.3) is 0 Å². The summed E-state index contributed by atoms with van der Waals surface area (Å²) in [5.74, 6) is -1.05. The zero-order valence-corrected chi connectivity index (χ0v) is 11.8. The van der Waals surface area contributed by atoms with Gasteiger partial charge in [-0.2, -0.15) is 5.10 Å². The van der Waals surface area contributed by atoms with Crippen molar-refractivity contribution in [1.82, 2.24) is 9.78 Å². The van der Waals surface area contributed by atoms with E-state index in [1.54, 1.807) is 29.1 Å². The van der Waals surface area contributed by atoms with E-state index in [0.717, 1.165) is 5.52 Å². The third-order valence-electron chi connectivity index (χ3n) is 2.92. The van der Waals surface area contributed by atoms with Gasteiger partial charge >= 0.3 is 11.9 Å². The summed E-state index contributed by atoms with van der Waals surface area (Å²) in [6, 6.07) is 5.18. The summed E-state index contributed by atoms with van der Waals surface area (Å²) in [7, 11) is 1.31. The maximum absolute atomic E-state index is 11.7. The fourth-order valence-corrected chi connectivity index (χ4v) is 1.95. The van der Waals surface area contributed by atoms with E-state index >= 15 is 0 Å². The summed E-state index contributed by atoms with van der Waals surface area (Å²) in [6.07, 6.45) is 1.56. The number of aromatic nitrogens is 2. The first-order valence-electron chi connectivity index (χ1n) is 6.36. The Balaban J connectivity index is 2.08. The Bertz CT molecular complexity index is 748. The Kier molecular flexibility index (Phi) is 4.94. The van der Waals surface area contributed by atoms with E-state index in [4.69, 9.17) is 15.0 Å². The van der Waals surface area contributed by atoms with Crippen LogP contribution in [0.15, 0.2) is 29.5 Å². The Morgan fingerprint density at radius 3 is 3.00 bits per heavy atom. The molecule has 0 fully saturated rings. The van der Waals surface area contributed by atoms with Crippen molar-refractivity contribution in [3.8, 4) is 0 Å². The van der Waals surface area contributed by atoms with E-state index in [1.807, 2.05) is 0 Å². The molecule has 9 nitrogen and oxygen atoms in total. The van der Waals surface area contributed by atoms with E-state index in [1.165, 1.54) is 7.11 Å². The lowest BCUT2D eigenvalue weighted by atomic mass is 10.1. The molecule has 0 aliphatic heterocycles. The highest BCUT2D eigenvalue weighted by atomic mass is 16.5. The van der Waals surface area contributed by atoms with Crippen molar-refractivity contribution in [3.63, 3.8) is 0 Å². The van der Waals surface area contributed by atoms with Crippen LogP contribution in [0, 0.1) is 0 Å². The monoisotopic (exact) mass is 303 g/mol. The molecule has 0 atom stereocenters. The van der Waals surface area contributed by atoms with E-state index in [2.05, 4.69) is 15.1 Å². The lowest BCUT2D eigenvalue weighted by molar-refractivity contribution is -0.142. The molecule has 0 aliphatic carbocycles. The highest BCUT2D eigenvalue weighted by molar-refractivity contribution is 6.03. The molecule has 22 heavy (non-hydrogen) atoms. The number of azide groups is 1. The molecule has 9 heteroatoms. The van der Waals surface area contributed by atoms with Crippen LogP contribution < -0.4 is 0 Å². The van der Waals surface area contributed by atoms with Gasteiger partial charge < -0.3 is 9.47 Å². The number of carbonyl (C=O) groups excluding carboxylic acids is 2. The van der Waals surface area contributed by atoms with Gasteiger partial charge in [0.05, 0.1) is 30.9 Å². The van der Waals surface area contributed by atoms with E-state index in [0.29, 0.717) is 17.5 Å². The molecule has 0 saturated heterocycles. The van der Waals surface area contributed by atoms with Gasteiger partial charge in [-0.1, -0.05) is 11.2 Å². The molecule has 2 aromatic rings. The largest absolute Gasteiger partial charge is 0.465 e. The van der Waals surface area contributed by atoms with Crippen LogP contribution in [0.5, 0.6) is 0 Å². The topological polar surface area (TPSA) is 119 Å². The molecule has 0 aliphatic rings. The van der Waals surface area contributed by atoms with Crippen LogP contribution in [0.4, 0.5) is 0 Å². The summed E-state index contributed by atoms with van der Waals surface area (Å²) in [5.41, 5.74) is 9.25. The van der Waals surface area contributed by atoms with Gasteiger partial charge in [0.2, 0.25) is 0 Å². The minimum atomic E-state index is -0.607. The molecule has 0 amide bonds. The predicted octanol–water partition coefficient (Wildman–Crippen LogP) is 1.68. The first-order valence-corrected chi connectivity index (χ1v) is 6.36. The number of hydrogen-bond donors (Lipinski definition) is 0. The standard InChI is InChI=1S/C13H13N5O4/c1-21-13(20)9-3-2-4-11-10(9)7-16-18(11)5-6-22-12(19)8-15-17-14/h2-4,7H,5-6,8H2,1H3. The molecule has 1 aromatic carbocycles. The van der Waals surface area contributed by atoms with Gasteiger partial charge in [-0.25, -0.2) is 4.79 Å². The fraction of sp³-hybridized carbons (Fsp3) is 0.308. The van der Waals surface area contributed by atoms with Crippen LogP contribution in [0.25, 0.3) is 21.3 Å². The minimum Gasteiger partial charge on any atom is -0.465 e. The molecule has 0 unspecified atom stereocenters. The fourth-order valence-electron chi connectivity index (χ4n) is 1.95. The molecule has 1 aromatic heterocycles. The highest BCUT2D eigenvalue weighted by Gasteiger charge is 2.13. The van der Waals surface area contributed by atoms with Crippen molar-refractivity contribution in [3.05, 3.63) is 40.4 Å². The first kappa shape index (κ1) is 15.3. The Morgan fingerprint density at radius 2 is 2.27 bits per heavy atom. The normalized spacial score (nSPS) is 10.0. The Hall–Kier alpha value is -3.06. The molecule has 0 radical (unpaired) electrons. The van der Waals surface area contributed by atoms with Gasteiger partial charge in [-0.3, -0.25) is 9.48 Å². The van der Waals surface area contributed by atoms with Gasteiger partial charge in [0.15, 0.2) is 0 Å². The second-order valence-electron chi connectivity index (χ2n) is 4.21. The van der Waals surface area contributed by atoms with Crippen LogP contribution in [0.1, 0.15) is 10.4 Å². The minimum absolute atomic E-state index is 0.0824. The first-order chi connectivity index (χ1) is 10.7. The molecule has 0 bridgehead atoms. The van der Waals surface area contributed by atoms with Crippen molar-refractivity contribution in [2.75, 3.05) is 20.3 Å². The molecule has 0 N–H and O–H groups in total. The van der Waals surface area contributed by atoms with Crippen molar-refractivity contribution >= 4 is 22.8 Å². The number of benzene rings is 1. The average molecular weight is 303 g/mol. The van der Waals surface area contributed by atoms with Gasteiger partial charge in [-0.05, 0) is 17.7 Å². The van der Waals surface area contributed by atoms with Gasteiger partial charge in [-0.15, -0.1) is 0 Å². The molecule has 1 heterocycles. The number of hydrogen-bond acceptors (Lipinski definition) is 6. The third-order valence-corrected chi connectivity index (χ3v) is 2.92. The maximum Gasteiger partial charge on any atom is 0.338 e. The second kappa shape index (κ2) is 7.09. The second-order valence-corrected chi connectivity index (χ2v) is 4.21. The van der Waals surface area contributed by atoms with Crippen LogP contribution >= 0.6 is 0 Å². The molecule has 0 spiro atoms. The van der Waals surface area contributed by atoms with Gasteiger partial charge in [0, 0.05) is 10.3 Å². The Labute approximate surface area is 125 Å². The summed E-state index contributed by atoms with van der Waals surface area (Å²) >= 11 is 0. The lowest BCUT2D eigenvalue weighted by Crippen LogP contribution is -2.13. The maximum atomic E-state index is 11.7. The molecule has 114 valence electrons. The van der Waals surface area contributed by atoms with Crippen molar-refractivity contribution in [2.45, 2.75) is 6.54 Å². The van der Waals surface area contributed by atoms with Crippen LogP contribution in [0.3, 0.4) is 0 Å². The Morgan fingerprint density at radius 1 is 1.45 bits per heavy atom. The van der Waals surface area contributed by atoms with E-state index in [-0.39, 0.29) is 13.2 Å². The van der Waals surface area contributed by atoms with Gasteiger partial charge in [0.1, 0.15) is 13.2 Å². The van der Waals surface area contributed by atoms with Crippen LogP contribution in [-0.4, -0.2) is 42.0 Å². The van der Waals surface area contributed by atoms with Crippen molar-refractivity contribution < 1.29 is 19.1 Å². The summed E-state index contributed by atoms with van der Waals surface area (Å²) in [4.78, 5) is 25.3. The number of ether oxygens (including phenoxy) is 2. The number of nitrogens with zero attached hydrogens (tertiary/aromatic N) is 5. The molecular weight excluding hydrogens is 290 g/mol. The van der Waals surface area contributed by atoms with Crippen molar-refractivity contribution in [1.29, 1.82) is 0 Å². The highest BCUT2D eigenvalue weighted by Crippen LogP contribution is 2.19. The average Bonchev–Trinajstić information content (AvgIpc) is 2.95. The number of methoxy groups -OCH3 is 1. The lowest BCUT2D eigenvalue weighted by Gasteiger charge is -2.05. The predicted molar refractivity (Wildman–Crippen MR) is 76.0 cm³/mol. The van der Waals surface area contributed by atoms with Crippen LogP contribution in [0.2, 0.25) is 0 Å². The molecular formula is C13H13N5O4. The quantitative estimate of drug-likeness (QED) is 0.348. The summed E-state index contributed by atoms with van der Waals surface area (Å²) in [6.45, 7) is 0.0536. The smallest absolute Gasteiger partial charge is 0.338 e. The molecule has 0 saturated carbocycles. The summed E-state index contributed by atoms with van der Waals surface area (Å²) in [5, 5.41) is 7.94. The van der Waals surface area contributed by atoms with Crippen molar-refractivity contribution in [2.24, 2.45) is 5.11 Å². The summed E-state index contributed by atoms with van der Waals surface area (Å²) < 4.78 is 11.2. The number of esters is 2.